The Morgan fingerprint density at radius 1 is 0.825 bits per heavy atom. The molecule has 0 radical (unpaired) electrons. The molecule has 5 amide bonds. The van der Waals surface area contributed by atoms with E-state index in [-0.39, 0.29) is 105 Å². The Morgan fingerprint density at radius 3 is 2.10 bits per heavy atom. The minimum absolute atomic E-state index is 0.00804. The number of aliphatic hydroxyl groups is 1. The Labute approximate surface area is 483 Å². The molecule has 0 aromatic heterocycles. The van der Waals surface area contributed by atoms with E-state index in [0.717, 1.165) is 44.9 Å². The first-order valence-electron chi connectivity index (χ1n) is 31.7. The van der Waals surface area contributed by atoms with Crippen LogP contribution in [0.1, 0.15) is 187 Å². The van der Waals surface area contributed by atoms with Gasteiger partial charge in [-0.05, 0) is 166 Å². The summed E-state index contributed by atoms with van der Waals surface area (Å²) in [6, 6.07) is -1.97. The molecule has 7 fully saturated rings. The third kappa shape index (κ3) is 10.9. The molecule has 0 aromatic carbocycles. The van der Waals surface area contributed by atoms with Gasteiger partial charge in [0, 0.05) is 64.8 Å². The Kier molecular flexibility index (Phi) is 19.6. The second kappa shape index (κ2) is 24.4. The van der Waals surface area contributed by atoms with Crippen molar-refractivity contribution in [2.75, 3.05) is 61.1 Å². The molecule has 18 atom stereocenters. The smallest absolute Gasteiger partial charge is 0.293 e. The second-order valence-corrected chi connectivity index (χ2v) is 30.2. The van der Waals surface area contributed by atoms with Crippen molar-refractivity contribution in [1.29, 1.82) is 0 Å². The maximum atomic E-state index is 15.3. The summed E-state index contributed by atoms with van der Waals surface area (Å²) in [6.45, 7) is 33.4. The van der Waals surface area contributed by atoms with Crippen molar-refractivity contribution in [3.63, 3.8) is 0 Å². The van der Waals surface area contributed by atoms with Crippen LogP contribution in [0, 0.1) is 91.7 Å². The van der Waals surface area contributed by atoms with Crippen molar-refractivity contribution in [3.05, 3.63) is 0 Å². The third-order valence-corrected chi connectivity index (χ3v) is 24.8. The van der Waals surface area contributed by atoms with Gasteiger partial charge in [-0.25, -0.2) is 0 Å². The van der Waals surface area contributed by atoms with Gasteiger partial charge in [-0.3, -0.25) is 33.7 Å². The molecule has 2 heterocycles. The topological polar surface area (TPSA) is 178 Å². The van der Waals surface area contributed by atoms with E-state index in [0.29, 0.717) is 75.1 Å². The van der Waals surface area contributed by atoms with Crippen LogP contribution in [0.3, 0.4) is 0 Å². The largest absolute Gasteiger partial charge is 0.468 e. The van der Waals surface area contributed by atoms with Gasteiger partial charge in [-0.1, -0.05) is 103 Å². The van der Waals surface area contributed by atoms with Crippen LogP contribution < -0.4 is 10.6 Å². The number of methoxy groups -OCH3 is 1. The van der Waals surface area contributed by atoms with Crippen LogP contribution in [0.15, 0.2) is 0 Å². The summed E-state index contributed by atoms with van der Waals surface area (Å²) in [4.78, 5) is 91.3. The quantitative estimate of drug-likeness (QED) is 0.0838. The molecule has 5 aliphatic carbocycles. The molecule has 2 aliphatic heterocycles. The number of nitrogens with zero attached hydrogens (tertiary/aromatic N) is 4. The molecular formula is C65H112N6O9. The molecule has 15 nitrogen and oxygen atoms in total. The maximum absolute atomic E-state index is 15.3. The van der Waals surface area contributed by atoms with E-state index in [2.05, 4.69) is 64.0 Å². The van der Waals surface area contributed by atoms with Gasteiger partial charge in [0.15, 0.2) is 0 Å². The van der Waals surface area contributed by atoms with E-state index in [9.17, 15) is 29.1 Å². The average molecular weight is 1120 g/mol. The van der Waals surface area contributed by atoms with Gasteiger partial charge in [0.1, 0.15) is 6.04 Å². The van der Waals surface area contributed by atoms with E-state index >= 15 is 4.79 Å². The fourth-order valence-corrected chi connectivity index (χ4v) is 20.2. The van der Waals surface area contributed by atoms with Gasteiger partial charge in [-0.15, -0.1) is 0 Å². The summed E-state index contributed by atoms with van der Waals surface area (Å²) in [6.07, 6.45) is 12.5. The zero-order chi connectivity index (χ0) is 59.4. The van der Waals surface area contributed by atoms with E-state index in [1.165, 1.54) is 25.7 Å². The first kappa shape index (κ1) is 64.3. The minimum atomic E-state index is -0.795. The van der Waals surface area contributed by atoms with Crippen LogP contribution >= 0.6 is 0 Å². The lowest BCUT2D eigenvalue weighted by atomic mass is 9.31. The van der Waals surface area contributed by atoms with Crippen molar-refractivity contribution in [1.82, 2.24) is 30.2 Å². The van der Waals surface area contributed by atoms with Gasteiger partial charge in [-0.2, -0.15) is 0 Å². The number of likely N-dealkylation sites (N-methyl/N-ethyl adjacent to an activating group) is 2. The summed E-state index contributed by atoms with van der Waals surface area (Å²) >= 11 is 0. The number of ether oxygens (including phenoxy) is 2. The monoisotopic (exact) mass is 1120 g/mol. The van der Waals surface area contributed by atoms with Crippen molar-refractivity contribution in [2.45, 2.75) is 223 Å². The molecule has 0 spiro atoms. The predicted molar refractivity (Wildman–Crippen MR) is 313 cm³/mol. The zero-order valence-electron chi connectivity index (χ0n) is 53.3. The number of hydrogen-bond acceptors (Lipinski definition) is 10. The van der Waals surface area contributed by atoms with Gasteiger partial charge in [0.2, 0.25) is 29.5 Å². The number of likely N-dealkylation sites (tertiary alicyclic amines) is 2. The molecule has 0 aromatic rings. The highest BCUT2D eigenvalue weighted by Gasteiger charge is 2.75. The molecule has 2 bridgehead atoms. The number of amides is 5. The predicted octanol–water partition coefficient (Wildman–Crippen LogP) is 8.83. The van der Waals surface area contributed by atoms with Gasteiger partial charge in [0.05, 0.1) is 36.1 Å². The first-order valence-corrected chi connectivity index (χ1v) is 31.7. The highest BCUT2D eigenvalue weighted by Crippen LogP contribution is 2.78. The molecule has 456 valence electrons. The highest BCUT2D eigenvalue weighted by molar-refractivity contribution is 5.90. The number of nitrogens with one attached hydrogen (secondary N) is 2. The molecule has 80 heavy (non-hydrogen) atoms. The Bertz CT molecular complexity index is 2230. The van der Waals surface area contributed by atoms with E-state index < -0.39 is 36.1 Å². The molecular weight excluding hydrogens is 1010 g/mol. The molecule has 2 saturated heterocycles. The lowest BCUT2D eigenvalue weighted by Gasteiger charge is -2.73. The van der Waals surface area contributed by atoms with Crippen molar-refractivity contribution >= 4 is 36.0 Å². The summed E-state index contributed by atoms with van der Waals surface area (Å²) in [5.74, 6) is 0.358. The number of fused-ring (bicyclic) bond motifs is 5. The van der Waals surface area contributed by atoms with E-state index in [4.69, 9.17) is 9.47 Å². The molecule has 15 heteroatoms. The average Bonchev–Trinajstić information content (AvgIpc) is 4.14. The molecule has 7 aliphatic rings. The SMILES string of the molecule is CC[C@H](C)[C@@H]([C@H](CO)CC(=O)N1CCCC1[C@H](OC)[C@@H](C)C(=O)NCCN1C(=O)[C@]23CCC(C)(C)C1C2C1CCC2[C@@]4(C)CC[C@H](COC=O)C(C)(C)C4CC[C@@]2(C)[C@]1(C)CC3)N(C)C(=O)[C@@H](NC(=O)[C@H](C(C)C)N(C)C)C(C)C. The summed E-state index contributed by atoms with van der Waals surface area (Å²) in [5, 5.41) is 17.4. The van der Waals surface area contributed by atoms with Crippen molar-refractivity contribution in [3.8, 4) is 0 Å². The van der Waals surface area contributed by atoms with Crippen LogP contribution in [-0.4, -0.2) is 158 Å². The van der Waals surface area contributed by atoms with Crippen LogP contribution in [0.2, 0.25) is 0 Å². The van der Waals surface area contributed by atoms with Gasteiger partial charge < -0.3 is 39.9 Å². The Morgan fingerprint density at radius 2 is 1.50 bits per heavy atom. The molecule has 3 N–H and O–H groups in total. The highest BCUT2D eigenvalue weighted by atomic mass is 16.5. The number of hydrogen-bond donors (Lipinski definition) is 3. The van der Waals surface area contributed by atoms with Crippen molar-refractivity contribution in [2.24, 2.45) is 91.7 Å². The number of rotatable bonds is 23. The normalized spacial score (nSPS) is 35.9. The fraction of sp³-hybridized carbons (Fsp3) is 0.908. The van der Waals surface area contributed by atoms with Crippen LogP contribution in [-0.2, 0) is 38.2 Å². The standard InChI is InChI=1S/C65H112N6O9/c1-19-41(6)53(69(17)58(77)51(39(2)3)67-57(76)52(40(4)5)68(15)16)43(36-72)35-49(74)70-33-20-21-46(70)54(79-18)42(7)56(75)66-32-34-71-55-50-45-22-23-48-62(12)26-24-44(37-80-38-73)61(10,11)47(62)25-27-64(48,14)63(45,13)29-31-65(50,59(71)78)30-28-60(55,8)9/h38-48,50-55,72H,19-37H2,1-18H3,(H,66,75)(H,67,76)/t41-,42+,43-,44+,45?,46?,47?,48?,50?,51-,52-,53-,54+,55?,62-,63+,64+,65-/m0/s1. The lowest BCUT2D eigenvalue weighted by molar-refractivity contribution is -0.247. The van der Waals surface area contributed by atoms with Crippen LogP contribution in [0.25, 0.3) is 0 Å². The number of aliphatic hydroxyl groups excluding tert-OH is 1. The molecule has 7 rings (SSSR count). The fourth-order valence-electron chi connectivity index (χ4n) is 20.2. The van der Waals surface area contributed by atoms with Crippen LogP contribution in [0.4, 0.5) is 0 Å². The Balaban J connectivity index is 1.02. The summed E-state index contributed by atoms with van der Waals surface area (Å²) < 4.78 is 11.6. The second-order valence-electron chi connectivity index (χ2n) is 30.2. The first-order chi connectivity index (χ1) is 37.4. The number of carbonyl (C=O) groups is 6. The molecule has 5 saturated carbocycles. The third-order valence-electron chi connectivity index (χ3n) is 24.8. The minimum Gasteiger partial charge on any atom is -0.468 e. The van der Waals surface area contributed by atoms with Crippen molar-refractivity contribution < 1.29 is 43.3 Å². The summed E-state index contributed by atoms with van der Waals surface area (Å²) in [7, 11) is 7.06. The zero-order valence-corrected chi connectivity index (χ0v) is 53.3. The van der Waals surface area contributed by atoms with Crippen LogP contribution in [0.5, 0.6) is 0 Å². The molecule has 6 unspecified atom stereocenters. The van der Waals surface area contributed by atoms with Gasteiger partial charge >= 0.3 is 0 Å². The maximum Gasteiger partial charge on any atom is 0.293 e. The number of carbonyl (C=O) groups excluding carboxylic acids is 6. The lowest BCUT2D eigenvalue weighted by Crippen LogP contribution is -2.67. The van der Waals surface area contributed by atoms with E-state index in [1.54, 1.807) is 19.1 Å². The Hall–Kier alpha value is -3.30. The summed E-state index contributed by atoms with van der Waals surface area (Å²) in [5.41, 5.74) is 0.0919. The van der Waals surface area contributed by atoms with Gasteiger partial charge in [0.25, 0.3) is 6.47 Å². The van der Waals surface area contributed by atoms with E-state index in [1.807, 2.05) is 72.4 Å².